The van der Waals surface area contributed by atoms with E-state index in [9.17, 15) is 13.2 Å². The molecule has 0 spiro atoms. The van der Waals surface area contributed by atoms with Gasteiger partial charge in [-0.15, -0.1) is 0 Å². The van der Waals surface area contributed by atoms with E-state index in [1.165, 1.54) is 4.31 Å². The van der Waals surface area contributed by atoms with Gasteiger partial charge in [0.25, 0.3) is 0 Å². The summed E-state index contributed by atoms with van der Waals surface area (Å²) >= 11 is 0. The molecule has 0 amide bonds. The number of rotatable bonds is 4. The fourth-order valence-electron chi connectivity index (χ4n) is 2.14. The van der Waals surface area contributed by atoms with Crippen LogP contribution in [0.4, 0.5) is 0 Å². The number of sulfonamides is 1. The molecule has 0 N–H and O–H groups in total. The molecule has 1 aliphatic rings. The summed E-state index contributed by atoms with van der Waals surface area (Å²) in [6.07, 6.45) is 2.38. The molecule has 6 heteroatoms. The van der Waals surface area contributed by atoms with Crippen molar-refractivity contribution in [3.05, 3.63) is 30.1 Å². The van der Waals surface area contributed by atoms with Crippen LogP contribution in [0.25, 0.3) is 0 Å². The molecule has 0 radical (unpaired) electrons. The normalized spacial score (nSPS) is 21.5. The van der Waals surface area contributed by atoms with E-state index < -0.39 is 10.0 Å². The summed E-state index contributed by atoms with van der Waals surface area (Å²) in [6, 6.07) is 5.46. The molecule has 1 atom stereocenters. The van der Waals surface area contributed by atoms with E-state index in [0.29, 0.717) is 25.9 Å². The zero-order chi connectivity index (χ0) is 13.9. The number of hydrogen-bond acceptors (Lipinski definition) is 4. The first-order chi connectivity index (χ1) is 8.99. The first-order valence-corrected chi connectivity index (χ1v) is 8.00. The summed E-state index contributed by atoms with van der Waals surface area (Å²) in [7, 11) is -3.30. The molecule has 0 aliphatic carbocycles. The number of aromatic nitrogens is 1. The molecule has 1 aliphatic heterocycles. The van der Waals surface area contributed by atoms with Crippen LogP contribution in [0.3, 0.4) is 0 Å². The lowest BCUT2D eigenvalue weighted by Crippen LogP contribution is -2.44. The van der Waals surface area contributed by atoms with Gasteiger partial charge in [-0.05, 0) is 12.1 Å². The fraction of sp³-hybridized carbons (Fsp3) is 0.538. The Bertz CT molecular complexity index is 542. The van der Waals surface area contributed by atoms with Crippen molar-refractivity contribution in [1.29, 1.82) is 0 Å². The zero-order valence-electron chi connectivity index (χ0n) is 10.9. The second-order valence-corrected chi connectivity index (χ2v) is 6.95. The summed E-state index contributed by atoms with van der Waals surface area (Å²) < 4.78 is 25.8. The topological polar surface area (TPSA) is 67.3 Å². The monoisotopic (exact) mass is 282 g/mol. The van der Waals surface area contributed by atoms with Crippen molar-refractivity contribution in [2.24, 2.45) is 5.92 Å². The molecule has 1 aromatic heterocycles. The van der Waals surface area contributed by atoms with Crippen LogP contribution in [0.1, 0.15) is 19.0 Å². The summed E-state index contributed by atoms with van der Waals surface area (Å²) in [5.41, 5.74) is 0.771. The van der Waals surface area contributed by atoms with E-state index >= 15 is 0 Å². The molecule has 2 rings (SSSR count). The number of aryl methyl sites for hydroxylation is 1. The van der Waals surface area contributed by atoms with Crippen LogP contribution in [0.15, 0.2) is 24.4 Å². The van der Waals surface area contributed by atoms with Gasteiger partial charge < -0.3 is 0 Å². The average molecular weight is 282 g/mol. The van der Waals surface area contributed by atoms with E-state index in [1.807, 2.05) is 12.1 Å². The lowest BCUT2D eigenvalue weighted by atomic mass is 10.0. The Morgan fingerprint density at radius 2 is 2.21 bits per heavy atom. The van der Waals surface area contributed by atoms with E-state index in [-0.39, 0.29) is 17.5 Å². The molecule has 1 aromatic rings. The van der Waals surface area contributed by atoms with Gasteiger partial charge in [0.2, 0.25) is 10.0 Å². The molecule has 104 valence electrons. The number of piperidine rings is 1. The number of nitrogens with zero attached hydrogens (tertiary/aromatic N) is 2. The van der Waals surface area contributed by atoms with Gasteiger partial charge in [0, 0.05) is 43.7 Å². The third-order valence-electron chi connectivity index (χ3n) is 3.37. The standard InChI is InChI=1S/C13H18N2O3S/c1-11-10-15(8-5-13(11)16)19(17,18)9-6-12-4-2-3-7-14-12/h2-4,7,11H,5-6,8-10H2,1H3. The number of pyridine rings is 1. The second-order valence-electron chi connectivity index (χ2n) is 4.86. The molecule has 0 saturated carbocycles. The van der Waals surface area contributed by atoms with Gasteiger partial charge >= 0.3 is 0 Å². The lowest BCUT2D eigenvalue weighted by Gasteiger charge is -2.29. The van der Waals surface area contributed by atoms with Crippen molar-refractivity contribution in [3.63, 3.8) is 0 Å². The quantitative estimate of drug-likeness (QED) is 0.821. The van der Waals surface area contributed by atoms with Gasteiger partial charge in [0.15, 0.2) is 0 Å². The Morgan fingerprint density at radius 3 is 2.84 bits per heavy atom. The molecule has 0 aromatic carbocycles. The predicted octanol–water partition coefficient (Wildman–Crippen LogP) is 0.865. The van der Waals surface area contributed by atoms with Crippen LogP contribution >= 0.6 is 0 Å². The third kappa shape index (κ3) is 3.61. The third-order valence-corrected chi connectivity index (χ3v) is 5.21. The van der Waals surface area contributed by atoms with Crippen LogP contribution < -0.4 is 0 Å². The summed E-state index contributed by atoms with van der Waals surface area (Å²) in [5.74, 6) is -0.000160. The van der Waals surface area contributed by atoms with Gasteiger partial charge in [-0.3, -0.25) is 9.78 Å². The van der Waals surface area contributed by atoms with Crippen molar-refractivity contribution in [3.8, 4) is 0 Å². The Morgan fingerprint density at radius 1 is 1.42 bits per heavy atom. The Balaban J connectivity index is 1.97. The van der Waals surface area contributed by atoms with Gasteiger partial charge in [-0.25, -0.2) is 12.7 Å². The Hall–Kier alpha value is -1.27. The van der Waals surface area contributed by atoms with Gasteiger partial charge in [-0.2, -0.15) is 0 Å². The van der Waals surface area contributed by atoms with Gasteiger partial charge in [0.05, 0.1) is 5.75 Å². The predicted molar refractivity (Wildman–Crippen MR) is 72.1 cm³/mol. The first-order valence-electron chi connectivity index (χ1n) is 6.39. The SMILES string of the molecule is CC1CN(S(=O)(=O)CCc2ccccn2)CCC1=O. The van der Waals surface area contributed by atoms with Crippen LogP contribution in [-0.2, 0) is 21.2 Å². The number of Topliss-reactive ketones (excluding diaryl/α,β-unsaturated/α-hetero) is 1. The second kappa shape index (κ2) is 5.79. The minimum absolute atomic E-state index is 0.0466. The summed E-state index contributed by atoms with van der Waals surface area (Å²) in [4.78, 5) is 15.5. The summed E-state index contributed by atoms with van der Waals surface area (Å²) in [6.45, 7) is 2.40. The number of carbonyl (C=O) groups excluding carboxylic acids is 1. The van der Waals surface area contributed by atoms with Crippen LogP contribution in [-0.4, -0.2) is 42.3 Å². The first kappa shape index (κ1) is 14.1. The highest BCUT2D eigenvalue weighted by atomic mass is 32.2. The molecule has 5 nitrogen and oxygen atoms in total. The maximum Gasteiger partial charge on any atom is 0.214 e. The molecule has 1 unspecified atom stereocenters. The average Bonchev–Trinajstić information content (AvgIpc) is 2.41. The molecule has 0 bridgehead atoms. The van der Waals surface area contributed by atoms with Crippen molar-refractivity contribution in [1.82, 2.24) is 9.29 Å². The van der Waals surface area contributed by atoms with Crippen molar-refractivity contribution in [2.75, 3.05) is 18.8 Å². The van der Waals surface area contributed by atoms with E-state index in [0.717, 1.165) is 5.69 Å². The highest BCUT2D eigenvalue weighted by Gasteiger charge is 2.30. The highest BCUT2D eigenvalue weighted by Crippen LogP contribution is 2.16. The van der Waals surface area contributed by atoms with E-state index in [1.54, 1.807) is 19.2 Å². The minimum Gasteiger partial charge on any atom is -0.299 e. The van der Waals surface area contributed by atoms with Crippen molar-refractivity contribution < 1.29 is 13.2 Å². The van der Waals surface area contributed by atoms with Gasteiger partial charge in [-0.1, -0.05) is 13.0 Å². The van der Waals surface area contributed by atoms with Crippen LogP contribution in [0.2, 0.25) is 0 Å². The smallest absolute Gasteiger partial charge is 0.214 e. The van der Waals surface area contributed by atoms with Crippen molar-refractivity contribution >= 4 is 15.8 Å². The molecule has 2 heterocycles. The molecule has 1 fully saturated rings. The fourth-order valence-corrected chi connectivity index (χ4v) is 3.69. The number of carbonyl (C=O) groups is 1. The minimum atomic E-state index is -3.30. The molecular formula is C13H18N2O3S. The van der Waals surface area contributed by atoms with Crippen LogP contribution in [0, 0.1) is 5.92 Å². The summed E-state index contributed by atoms with van der Waals surface area (Å²) in [5, 5.41) is 0. The maximum absolute atomic E-state index is 12.2. The maximum atomic E-state index is 12.2. The highest BCUT2D eigenvalue weighted by molar-refractivity contribution is 7.89. The van der Waals surface area contributed by atoms with Crippen molar-refractivity contribution in [2.45, 2.75) is 19.8 Å². The van der Waals surface area contributed by atoms with Crippen LogP contribution in [0.5, 0.6) is 0 Å². The largest absolute Gasteiger partial charge is 0.299 e. The molecule has 1 saturated heterocycles. The number of ketones is 1. The van der Waals surface area contributed by atoms with E-state index in [2.05, 4.69) is 4.98 Å². The molecular weight excluding hydrogens is 264 g/mol. The Kier molecular flexibility index (Phi) is 4.31. The molecule has 19 heavy (non-hydrogen) atoms. The number of hydrogen-bond donors (Lipinski definition) is 0. The van der Waals surface area contributed by atoms with Gasteiger partial charge in [0.1, 0.15) is 5.78 Å². The lowest BCUT2D eigenvalue weighted by molar-refractivity contribution is -0.124. The zero-order valence-corrected chi connectivity index (χ0v) is 11.8. The Labute approximate surface area is 113 Å². The van der Waals surface area contributed by atoms with E-state index in [4.69, 9.17) is 0 Å².